The van der Waals surface area contributed by atoms with Crippen LogP contribution in [0.25, 0.3) is 0 Å². The molecule has 0 N–H and O–H groups in total. The van der Waals surface area contributed by atoms with Gasteiger partial charge in [-0.25, -0.2) is 4.39 Å². The van der Waals surface area contributed by atoms with E-state index in [-0.39, 0.29) is 11.6 Å². The number of Topliss-reactive ketones (excluding diaryl/α,β-unsaturated/α-hetero) is 1. The van der Waals surface area contributed by atoms with Crippen LogP contribution in [-0.4, -0.2) is 19.4 Å². The average Bonchev–Trinajstić information content (AvgIpc) is 2.45. The molecule has 2 rings (SSSR count). The highest BCUT2D eigenvalue weighted by molar-refractivity contribution is 5.97. The number of aryl methyl sites for hydroxylation is 1. The van der Waals surface area contributed by atoms with Crippen LogP contribution in [0.5, 0.6) is 0 Å². The number of nitrogens with zero attached hydrogens (tertiary/aromatic N) is 1. The number of carbonyl (C=O) groups excluding carboxylic acids is 1. The molecule has 0 fully saturated rings. The van der Waals surface area contributed by atoms with Gasteiger partial charge in [0.1, 0.15) is 5.82 Å². The fourth-order valence-electron chi connectivity index (χ4n) is 2.13. The van der Waals surface area contributed by atoms with Crippen molar-refractivity contribution in [2.45, 2.75) is 13.3 Å². The molecule has 0 amide bonds. The molecule has 2 aromatic rings. The van der Waals surface area contributed by atoms with Crippen molar-refractivity contribution < 1.29 is 9.18 Å². The van der Waals surface area contributed by atoms with E-state index in [4.69, 9.17) is 0 Å². The number of benzene rings is 2. The molecule has 0 aliphatic carbocycles. The molecule has 0 unspecified atom stereocenters. The standard InChI is InChI=1S/C17H18FNO/c1-13-6-3-4-9-16(13)17(20)10-11-19(2)15-8-5-7-14(18)12-15/h3-9,12H,10-11H2,1-2H3. The third kappa shape index (κ3) is 3.44. The van der Waals surface area contributed by atoms with Crippen LogP contribution in [0.15, 0.2) is 48.5 Å². The molecule has 3 heteroatoms. The zero-order valence-corrected chi connectivity index (χ0v) is 11.8. The minimum Gasteiger partial charge on any atom is -0.374 e. The zero-order chi connectivity index (χ0) is 14.5. The van der Waals surface area contributed by atoms with Gasteiger partial charge in [0.2, 0.25) is 0 Å². The molecule has 0 spiro atoms. The van der Waals surface area contributed by atoms with E-state index in [0.717, 1.165) is 16.8 Å². The number of carbonyl (C=O) groups is 1. The summed E-state index contributed by atoms with van der Waals surface area (Å²) in [6.07, 6.45) is 0.415. The monoisotopic (exact) mass is 271 g/mol. The molecule has 0 bridgehead atoms. The number of hydrogen-bond acceptors (Lipinski definition) is 2. The van der Waals surface area contributed by atoms with Crippen molar-refractivity contribution in [3.05, 3.63) is 65.5 Å². The summed E-state index contributed by atoms with van der Waals surface area (Å²) in [5.41, 5.74) is 2.54. The molecular formula is C17H18FNO. The molecule has 2 nitrogen and oxygen atoms in total. The summed E-state index contributed by atoms with van der Waals surface area (Å²) in [4.78, 5) is 14.1. The van der Waals surface area contributed by atoms with Gasteiger partial charge in [0.05, 0.1) is 0 Å². The number of rotatable bonds is 5. The van der Waals surface area contributed by atoms with E-state index in [1.54, 1.807) is 6.07 Å². The van der Waals surface area contributed by atoms with E-state index >= 15 is 0 Å². The second kappa shape index (κ2) is 6.33. The van der Waals surface area contributed by atoms with Crippen molar-refractivity contribution in [3.8, 4) is 0 Å². The second-order valence-electron chi connectivity index (χ2n) is 4.89. The molecular weight excluding hydrogens is 253 g/mol. The van der Waals surface area contributed by atoms with Gasteiger partial charge in [0.25, 0.3) is 0 Å². The number of halogens is 1. The van der Waals surface area contributed by atoms with Crippen molar-refractivity contribution in [2.75, 3.05) is 18.5 Å². The van der Waals surface area contributed by atoms with Crippen molar-refractivity contribution in [2.24, 2.45) is 0 Å². The molecule has 20 heavy (non-hydrogen) atoms. The first kappa shape index (κ1) is 14.3. The Balaban J connectivity index is 1.99. The number of hydrogen-bond donors (Lipinski definition) is 0. The normalized spacial score (nSPS) is 10.3. The van der Waals surface area contributed by atoms with Gasteiger partial charge in [-0.3, -0.25) is 4.79 Å². The lowest BCUT2D eigenvalue weighted by Crippen LogP contribution is -2.21. The summed E-state index contributed by atoms with van der Waals surface area (Å²) in [5, 5.41) is 0. The van der Waals surface area contributed by atoms with Crippen molar-refractivity contribution in [1.29, 1.82) is 0 Å². The summed E-state index contributed by atoms with van der Waals surface area (Å²) < 4.78 is 13.2. The lowest BCUT2D eigenvalue weighted by molar-refractivity contribution is 0.0984. The van der Waals surface area contributed by atoms with Crippen LogP contribution in [0.4, 0.5) is 10.1 Å². The SMILES string of the molecule is Cc1ccccc1C(=O)CCN(C)c1cccc(F)c1. The fraction of sp³-hybridized carbons (Fsp3) is 0.235. The maximum absolute atomic E-state index is 13.2. The van der Waals surface area contributed by atoms with Crippen LogP contribution in [0.1, 0.15) is 22.3 Å². The summed E-state index contributed by atoms with van der Waals surface area (Å²) in [5.74, 6) is -0.147. The van der Waals surface area contributed by atoms with Crippen molar-refractivity contribution in [3.63, 3.8) is 0 Å². The van der Waals surface area contributed by atoms with Crippen LogP contribution >= 0.6 is 0 Å². The molecule has 0 aromatic heterocycles. The van der Waals surface area contributed by atoms with Gasteiger partial charge in [0.15, 0.2) is 5.78 Å². The van der Waals surface area contributed by atoms with Gasteiger partial charge < -0.3 is 4.90 Å². The highest BCUT2D eigenvalue weighted by atomic mass is 19.1. The van der Waals surface area contributed by atoms with Crippen molar-refractivity contribution in [1.82, 2.24) is 0 Å². The van der Waals surface area contributed by atoms with Gasteiger partial charge in [-0.2, -0.15) is 0 Å². The molecule has 0 aliphatic heterocycles. The molecule has 104 valence electrons. The van der Waals surface area contributed by atoms with Crippen LogP contribution in [0.2, 0.25) is 0 Å². The van der Waals surface area contributed by atoms with E-state index in [1.807, 2.05) is 49.2 Å². The Morgan fingerprint density at radius 3 is 2.60 bits per heavy atom. The maximum atomic E-state index is 13.2. The molecule has 0 atom stereocenters. The third-order valence-electron chi connectivity index (χ3n) is 3.37. The first-order valence-electron chi connectivity index (χ1n) is 6.63. The number of anilines is 1. The van der Waals surface area contributed by atoms with Gasteiger partial charge in [-0.15, -0.1) is 0 Å². The minimum absolute atomic E-state index is 0.117. The Labute approximate surface area is 118 Å². The number of ketones is 1. The van der Waals surface area contributed by atoms with Crippen LogP contribution < -0.4 is 4.90 Å². The predicted octanol–water partition coefficient (Wildman–Crippen LogP) is 3.84. The Morgan fingerprint density at radius 2 is 1.90 bits per heavy atom. The Hall–Kier alpha value is -2.16. The lowest BCUT2D eigenvalue weighted by atomic mass is 10.0. The van der Waals surface area contributed by atoms with E-state index in [9.17, 15) is 9.18 Å². The smallest absolute Gasteiger partial charge is 0.164 e. The minimum atomic E-state index is -0.264. The second-order valence-corrected chi connectivity index (χ2v) is 4.89. The Kier molecular flexibility index (Phi) is 4.51. The van der Waals surface area contributed by atoms with Crippen LogP contribution in [0, 0.1) is 12.7 Å². The lowest BCUT2D eigenvalue weighted by Gasteiger charge is -2.19. The van der Waals surface area contributed by atoms with E-state index in [1.165, 1.54) is 12.1 Å². The molecule has 0 radical (unpaired) electrons. The highest BCUT2D eigenvalue weighted by Gasteiger charge is 2.10. The van der Waals surface area contributed by atoms with Gasteiger partial charge in [-0.1, -0.05) is 30.3 Å². The molecule has 0 aliphatic rings. The maximum Gasteiger partial charge on any atom is 0.164 e. The van der Waals surface area contributed by atoms with Crippen LogP contribution in [-0.2, 0) is 0 Å². The van der Waals surface area contributed by atoms with Gasteiger partial charge in [-0.05, 0) is 30.7 Å². The molecule has 2 aromatic carbocycles. The Morgan fingerprint density at radius 1 is 1.15 bits per heavy atom. The predicted molar refractivity (Wildman–Crippen MR) is 79.8 cm³/mol. The highest BCUT2D eigenvalue weighted by Crippen LogP contribution is 2.15. The van der Waals surface area contributed by atoms with Crippen molar-refractivity contribution >= 4 is 11.5 Å². The largest absolute Gasteiger partial charge is 0.374 e. The summed E-state index contributed by atoms with van der Waals surface area (Å²) in [7, 11) is 1.86. The average molecular weight is 271 g/mol. The Bertz CT molecular complexity index is 609. The fourth-order valence-corrected chi connectivity index (χ4v) is 2.13. The summed E-state index contributed by atoms with van der Waals surface area (Å²) in [6, 6.07) is 14.0. The van der Waals surface area contributed by atoms with Gasteiger partial charge in [0, 0.05) is 31.3 Å². The zero-order valence-electron chi connectivity index (χ0n) is 11.8. The van der Waals surface area contributed by atoms with E-state index in [2.05, 4.69) is 0 Å². The summed E-state index contributed by atoms with van der Waals surface area (Å²) >= 11 is 0. The van der Waals surface area contributed by atoms with E-state index in [0.29, 0.717) is 13.0 Å². The first-order valence-corrected chi connectivity index (χ1v) is 6.63. The molecule has 0 saturated heterocycles. The van der Waals surface area contributed by atoms with Crippen LogP contribution in [0.3, 0.4) is 0 Å². The molecule has 0 saturated carbocycles. The quantitative estimate of drug-likeness (QED) is 0.770. The first-order chi connectivity index (χ1) is 9.58. The topological polar surface area (TPSA) is 20.3 Å². The van der Waals surface area contributed by atoms with E-state index < -0.39 is 0 Å². The molecule has 0 heterocycles. The third-order valence-corrected chi connectivity index (χ3v) is 3.37. The van der Waals surface area contributed by atoms with Gasteiger partial charge >= 0.3 is 0 Å². The summed E-state index contributed by atoms with van der Waals surface area (Å²) in [6.45, 7) is 2.50.